The normalized spacial score (nSPS) is 11.0. The topological polar surface area (TPSA) is 42.2 Å². The molecule has 0 saturated carbocycles. The lowest BCUT2D eigenvalue weighted by molar-refractivity contribution is 0.409. The molecule has 0 aliphatic carbocycles. The minimum absolute atomic E-state index is 0.576. The van der Waals surface area contributed by atoms with Crippen LogP contribution in [0.3, 0.4) is 0 Å². The molecule has 0 heterocycles. The zero-order chi connectivity index (χ0) is 16.1. The van der Waals surface area contributed by atoms with Gasteiger partial charge in [-0.25, -0.2) is 0 Å². The molecule has 0 amide bonds. The maximum atomic E-state index is 9.41. The quantitative estimate of drug-likeness (QED) is 0.496. The van der Waals surface area contributed by atoms with Crippen molar-refractivity contribution in [2.24, 2.45) is 0 Å². The molecule has 0 aromatic heterocycles. The van der Waals surface area contributed by atoms with Gasteiger partial charge >= 0.3 is 0 Å². The van der Waals surface area contributed by atoms with Crippen molar-refractivity contribution in [2.75, 3.05) is 14.2 Å². The van der Waals surface area contributed by atoms with Crippen LogP contribution in [0.1, 0.15) is 11.1 Å². The second-order valence-corrected chi connectivity index (χ2v) is 6.12. The zero-order valence-electron chi connectivity index (χ0n) is 12.1. The highest BCUT2D eigenvalue weighted by atomic mass is 79.9. The van der Waals surface area contributed by atoms with Gasteiger partial charge in [-0.05, 0) is 85.5 Å². The maximum absolute atomic E-state index is 9.41. The van der Waals surface area contributed by atoms with Crippen molar-refractivity contribution in [1.29, 1.82) is 5.26 Å². The minimum atomic E-state index is 0.576. The number of ether oxygens (including phenoxy) is 2. The summed E-state index contributed by atoms with van der Waals surface area (Å²) in [7, 11) is 3.22. The third-order valence-electron chi connectivity index (χ3n) is 3.06. The molecule has 0 saturated heterocycles. The van der Waals surface area contributed by atoms with E-state index in [2.05, 4.69) is 37.9 Å². The van der Waals surface area contributed by atoms with Gasteiger partial charge in [-0.3, -0.25) is 0 Å². The molecule has 2 aromatic rings. The predicted octanol–water partition coefficient (Wildman–Crippen LogP) is 5.29. The fraction of sp³-hybridized carbons (Fsp3) is 0.118. The summed E-state index contributed by atoms with van der Waals surface area (Å²) in [6.45, 7) is 0. The Morgan fingerprint density at radius 3 is 2.09 bits per heavy atom. The number of hydrogen-bond acceptors (Lipinski definition) is 3. The van der Waals surface area contributed by atoms with Gasteiger partial charge in [-0.15, -0.1) is 0 Å². The fourth-order valence-corrected chi connectivity index (χ4v) is 3.52. The number of nitrogens with zero attached hydrogens (tertiary/aromatic N) is 1. The number of nitriles is 1. The van der Waals surface area contributed by atoms with E-state index in [-0.39, 0.29) is 0 Å². The lowest BCUT2D eigenvalue weighted by atomic mass is 10.0. The van der Waals surface area contributed by atoms with Crippen molar-refractivity contribution in [3.8, 4) is 17.6 Å². The number of allylic oxidation sites excluding steroid dienone is 1. The molecule has 0 atom stereocenters. The van der Waals surface area contributed by atoms with Crippen molar-refractivity contribution in [2.45, 2.75) is 0 Å². The Kier molecular flexibility index (Phi) is 5.64. The average molecular weight is 423 g/mol. The molecule has 0 spiro atoms. The highest BCUT2D eigenvalue weighted by Crippen LogP contribution is 2.35. The SMILES string of the molecule is COc1ccc(/C(C#N)=C/c2cc(Br)c(OC)c(Br)c2)cc1. The van der Waals surface area contributed by atoms with Crippen LogP contribution in [0.5, 0.6) is 11.5 Å². The second-order valence-electron chi connectivity index (χ2n) is 4.42. The van der Waals surface area contributed by atoms with Gasteiger partial charge in [0.25, 0.3) is 0 Å². The first-order valence-corrected chi connectivity index (χ1v) is 7.97. The molecule has 0 aliphatic rings. The number of methoxy groups -OCH3 is 2. The molecular formula is C17H13Br2NO2. The van der Waals surface area contributed by atoms with Crippen molar-refractivity contribution < 1.29 is 9.47 Å². The third-order valence-corrected chi connectivity index (χ3v) is 4.24. The van der Waals surface area contributed by atoms with Crippen LogP contribution in [-0.2, 0) is 0 Å². The molecule has 0 unspecified atom stereocenters. The first-order chi connectivity index (χ1) is 10.6. The van der Waals surface area contributed by atoms with Gasteiger partial charge in [0.05, 0.1) is 34.8 Å². The summed E-state index contributed by atoms with van der Waals surface area (Å²) in [6.07, 6.45) is 1.83. The summed E-state index contributed by atoms with van der Waals surface area (Å²) in [6, 6.07) is 13.4. The molecule has 0 N–H and O–H groups in total. The largest absolute Gasteiger partial charge is 0.497 e. The van der Waals surface area contributed by atoms with Crippen LogP contribution in [0.25, 0.3) is 11.6 Å². The lowest BCUT2D eigenvalue weighted by Gasteiger charge is -2.08. The third kappa shape index (κ3) is 3.70. The highest BCUT2D eigenvalue weighted by Gasteiger charge is 2.08. The van der Waals surface area contributed by atoms with Crippen LogP contribution in [0.2, 0.25) is 0 Å². The number of halogens is 2. The molecule has 2 aromatic carbocycles. The van der Waals surface area contributed by atoms with E-state index in [1.54, 1.807) is 14.2 Å². The van der Waals surface area contributed by atoms with Crippen LogP contribution in [-0.4, -0.2) is 14.2 Å². The first-order valence-electron chi connectivity index (χ1n) is 6.38. The molecular weight excluding hydrogens is 410 g/mol. The number of benzene rings is 2. The van der Waals surface area contributed by atoms with Gasteiger partial charge in [0.15, 0.2) is 0 Å². The number of hydrogen-bond donors (Lipinski definition) is 0. The average Bonchev–Trinajstić information content (AvgIpc) is 2.52. The Morgan fingerprint density at radius 2 is 1.64 bits per heavy atom. The van der Waals surface area contributed by atoms with E-state index in [9.17, 15) is 5.26 Å². The fourth-order valence-electron chi connectivity index (χ4n) is 1.98. The van der Waals surface area contributed by atoms with Crippen LogP contribution in [0, 0.1) is 11.3 Å². The van der Waals surface area contributed by atoms with Crippen LogP contribution in [0.15, 0.2) is 45.3 Å². The van der Waals surface area contributed by atoms with Gasteiger partial charge < -0.3 is 9.47 Å². The smallest absolute Gasteiger partial charge is 0.147 e. The van der Waals surface area contributed by atoms with Gasteiger partial charge in [-0.1, -0.05) is 0 Å². The van der Waals surface area contributed by atoms with E-state index in [0.29, 0.717) is 5.57 Å². The van der Waals surface area contributed by atoms with Crippen LogP contribution >= 0.6 is 31.9 Å². The summed E-state index contributed by atoms with van der Waals surface area (Å²) < 4.78 is 12.1. The summed E-state index contributed by atoms with van der Waals surface area (Å²) in [4.78, 5) is 0. The van der Waals surface area contributed by atoms with E-state index in [1.807, 2.05) is 42.5 Å². The molecule has 22 heavy (non-hydrogen) atoms. The van der Waals surface area contributed by atoms with Crippen molar-refractivity contribution in [3.63, 3.8) is 0 Å². The van der Waals surface area contributed by atoms with E-state index in [1.165, 1.54) is 0 Å². The molecule has 3 nitrogen and oxygen atoms in total. The lowest BCUT2D eigenvalue weighted by Crippen LogP contribution is -1.88. The molecule has 0 aliphatic heterocycles. The standard InChI is InChI=1S/C17H13Br2NO2/c1-21-14-5-3-12(4-6-14)13(10-20)7-11-8-15(18)17(22-2)16(19)9-11/h3-9H,1-2H3/b13-7+. The Labute approximate surface area is 146 Å². The Morgan fingerprint density at radius 1 is 1.05 bits per heavy atom. The summed E-state index contributed by atoms with van der Waals surface area (Å²) in [5.74, 6) is 1.48. The maximum Gasteiger partial charge on any atom is 0.147 e. The molecule has 0 bridgehead atoms. The van der Waals surface area contributed by atoms with E-state index < -0.39 is 0 Å². The van der Waals surface area contributed by atoms with Gasteiger partial charge in [-0.2, -0.15) is 5.26 Å². The highest BCUT2D eigenvalue weighted by molar-refractivity contribution is 9.11. The van der Waals surface area contributed by atoms with Crippen molar-refractivity contribution in [3.05, 3.63) is 56.5 Å². The molecule has 2 rings (SSSR count). The zero-order valence-corrected chi connectivity index (χ0v) is 15.2. The van der Waals surface area contributed by atoms with Crippen LogP contribution < -0.4 is 9.47 Å². The van der Waals surface area contributed by atoms with Crippen molar-refractivity contribution in [1.82, 2.24) is 0 Å². The van der Waals surface area contributed by atoms with Crippen LogP contribution in [0.4, 0.5) is 0 Å². The Hall–Kier alpha value is -1.77. The summed E-state index contributed by atoms with van der Waals surface area (Å²) in [5.41, 5.74) is 2.31. The minimum Gasteiger partial charge on any atom is -0.497 e. The number of rotatable bonds is 4. The monoisotopic (exact) mass is 421 g/mol. The van der Waals surface area contributed by atoms with E-state index in [4.69, 9.17) is 9.47 Å². The van der Waals surface area contributed by atoms with E-state index in [0.717, 1.165) is 31.6 Å². The molecule has 0 radical (unpaired) electrons. The van der Waals surface area contributed by atoms with Gasteiger partial charge in [0.1, 0.15) is 11.5 Å². The predicted molar refractivity (Wildman–Crippen MR) is 94.9 cm³/mol. The van der Waals surface area contributed by atoms with Gasteiger partial charge in [0.2, 0.25) is 0 Å². The Balaban J connectivity index is 2.42. The van der Waals surface area contributed by atoms with E-state index >= 15 is 0 Å². The second kappa shape index (κ2) is 7.48. The molecule has 0 fully saturated rings. The van der Waals surface area contributed by atoms with Crippen molar-refractivity contribution >= 4 is 43.5 Å². The summed E-state index contributed by atoms with van der Waals surface area (Å²) >= 11 is 6.92. The summed E-state index contributed by atoms with van der Waals surface area (Å²) in [5, 5.41) is 9.41. The van der Waals surface area contributed by atoms with Gasteiger partial charge in [0, 0.05) is 0 Å². The molecule has 112 valence electrons. The first kappa shape index (κ1) is 16.6. The molecule has 5 heteroatoms. The Bertz CT molecular complexity index is 723.